The van der Waals surface area contributed by atoms with Crippen LogP contribution < -0.4 is 0 Å². The highest BCUT2D eigenvalue weighted by Gasteiger charge is 2.29. The van der Waals surface area contributed by atoms with Crippen molar-refractivity contribution in [1.29, 1.82) is 0 Å². The summed E-state index contributed by atoms with van der Waals surface area (Å²) in [5.74, 6) is 0.0360. The van der Waals surface area contributed by atoms with Crippen LogP contribution in [0.5, 0.6) is 0 Å². The van der Waals surface area contributed by atoms with E-state index >= 15 is 0 Å². The quantitative estimate of drug-likeness (QED) is 0.0863. The Morgan fingerprint density at radius 2 is 0.721 bits per heavy atom. The first kappa shape index (κ1) is 52.5. The van der Waals surface area contributed by atoms with Crippen molar-refractivity contribution in [1.82, 2.24) is 4.90 Å². The first-order chi connectivity index (χ1) is 30.1. The summed E-state index contributed by atoms with van der Waals surface area (Å²) in [6, 6.07) is 16.6. The maximum absolute atomic E-state index is 12.6. The van der Waals surface area contributed by atoms with E-state index in [1.54, 1.807) is 7.05 Å². The molecule has 16 heteroatoms. The molecule has 2 aromatic carbocycles. The lowest BCUT2D eigenvalue weighted by molar-refractivity contribution is -0.0298. The zero-order valence-electron chi connectivity index (χ0n) is 36.9. The van der Waals surface area contributed by atoms with Gasteiger partial charge in [-0.1, -0.05) is 48.5 Å². The van der Waals surface area contributed by atoms with Crippen molar-refractivity contribution in [3.63, 3.8) is 0 Å². The van der Waals surface area contributed by atoms with Gasteiger partial charge in [-0.25, -0.2) is 4.79 Å². The number of hydrogen-bond donors (Lipinski definition) is 0. The summed E-state index contributed by atoms with van der Waals surface area (Å²) in [5.41, 5.74) is 4.79. The van der Waals surface area contributed by atoms with E-state index in [2.05, 4.69) is 24.3 Å². The molecule has 16 nitrogen and oxygen atoms in total. The molecule has 0 bridgehead atoms. The number of benzene rings is 2. The molecule has 0 radical (unpaired) electrons. The predicted molar refractivity (Wildman–Crippen MR) is 229 cm³/mol. The Bertz CT molecular complexity index is 1290. The minimum absolute atomic E-state index is 0.0360. The summed E-state index contributed by atoms with van der Waals surface area (Å²) in [4.78, 5) is 14.2. The Kier molecular flexibility index (Phi) is 31.6. The number of hydrogen-bond acceptors (Lipinski definition) is 15. The SMILES string of the molecule is CC(C)OCCOCCOCCOCCOCCOCCOCCOCCOCCOCCOCCOCCOCCN(C)C(=O)OCC1c2ccccc2-c2ccccc21. The van der Waals surface area contributed by atoms with Crippen LogP contribution in [-0.4, -0.2) is 202 Å². The molecule has 0 aliphatic heterocycles. The number of carbonyl (C=O) groups excluding carboxylic acids is 1. The summed E-state index contributed by atoms with van der Waals surface area (Å²) < 4.78 is 77.2. The number of rotatable bonds is 42. The van der Waals surface area contributed by atoms with Crippen LogP contribution in [0.3, 0.4) is 0 Å². The van der Waals surface area contributed by atoms with E-state index in [-0.39, 0.29) is 18.1 Å². The molecule has 2 aromatic rings. The molecule has 1 aliphatic rings. The van der Waals surface area contributed by atoms with Crippen LogP contribution in [0.2, 0.25) is 0 Å². The summed E-state index contributed by atoms with van der Waals surface area (Å²) in [6.07, 6.45) is -0.141. The Morgan fingerprint density at radius 1 is 0.443 bits per heavy atom. The van der Waals surface area contributed by atoms with Gasteiger partial charge in [0.2, 0.25) is 0 Å². The standard InChI is InChI=1S/C45H73NO15/c1-39(2)60-37-36-59-35-34-58-33-32-57-31-30-56-29-28-55-27-26-54-25-24-53-23-22-52-21-20-51-19-18-50-17-16-49-15-14-48-13-12-46(3)45(47)61-38-44-42-10-6-4-8-40(42)41-9-5-7-11-43(41)44/h4-11,39,44H,12-38H2,1-3H3. The second-order valence-electron chi connectivity index (χ2n) is 14.0. The van der Waals surface area contributed by atoms with Gasteiger partial charge in [-0.2, -0.15) is 0 Å². The number of ether oxygens (including phenoxy) is 14. The number of fused-ring (bicyclic) bond motifs is 3. The summed E-state index contributed by atoms with van der Waals surface area (Å²) in [7, 11) is 1.71. The van der Waals surface area contributed by atoms with Gasteiger partial charge in [-0.3, -0.25) is 0 Å². The van der Waals surface area contributed by atoms with Crippen LogP contribution in [0.4, 0.5) is 4.79 Å². The molecule has 0 aromatic heterocycles. The molecule has 0 saturated heterocycles. The van der Waals surface area contributed by atoms with Crippen LogP contribution in [0.15, 0.2) is 48.5 Å². The third-order valence-electron chi connectivity index (χ3n) is 8.99. The molecule has 0 spiro atoms. The third-order valence-corrected chi connectivity index (χ3v) is 8.99. The Morgan fingerprint density at radius 3 is 1.03 bits per heavy atom. The molecule has 1 aliphatic carbocycles. The molecule has 3 rings (SSSR count). The average Bonchev–Trinajstić information content (AvgIpc) is 3.59. The highest BCUT2D eigenvalue weighted by atomic mass is 16.6. The lowest BCUT2D eigenvalue weighted by Gasteiger charge is -2.19. The molecule has 348 valence electrons. The Hall–Kier alpha value is -2.81. The molecule has 1 amide bonds. The number of nitrogens with zero attached hydrogens (tertiary/aromatic N) is 1. The van der Waals surface area contributed by atoms with E-state index in [0.29, 0.717) is 178 Å². The van der Waals surface area contributed by atoms with Crippen LogP contribution >= 0.6 is 0 Å². The maximum atomic E-state index is 12.6. The van der Waals surface area contributed by atoms with Gasteiger partial charge >= 0.3 is 6.09 Å². The van der Waals surface area contributed by atoms with E-state index in [9.17, 15) is 4.79 Å². The van der Waals surface area contributed by atoms with E-state index < -0.39 is 0 Å². The molecule has 61 heavy (non-hydrogen) atoms. The zero-order chi connectivity index (χ0) is 43.3. The predicted octanol–water partition coefficient (Wildman–Crippen LogP) is 4.49. The maximum Gasteiger partial charge on any atom is 0.409 e. The first-order valence-corrected chi connectivity index (χ1v) is 21.7. The number of carbonyl (C=O) groups is 1. The Labute approximate surface area is 363 Å². The largest absolute Gasteiger partial charge is 0.448 e. The van der Waals surface area contributed by atoms with Crippen molar-refractivity contribution >= 4 is 6.09 Å². The minimum atomic E-state index is -0.366. The first-order valence-electron chi connectivity index (χ1n) is 21.7. The van der Waals surface area contributed by atoms with Gasteiger partial charge in [0.05, 0.1) is 171 Å². The van der Waals surface area contributed by atoms with E-state index in [4.69, 9.17) is 66.3 Å². The van der Waals surface area contributed by atoms with Gasteiger partial charge in [0.1, 0.15) is 6.61 Å². The molecule has 0 heterocycles. The summed E-state index contributed by atoms with van der Waals surface area (Å²) >= 11 is 0. The lowest BCUT2D eigenvalue weighted by atomic mass is 9.98. The highest BCUT2D eigenvalue weighted by molar-refractivity contribution is 5.79. The molecule has 0 N–H and O–H groups in total. The highest BCUT2D eigenvalue weighted by Crippen LogP contribution is 2.44. The third kappa shape index (κ3) is 25.8. The topological polar surface area (TPSA) is 150 Å². The average molecular weight is 868 g/mol. The molecule has 0 atom stereocenters. The van der Waals surface area contributed by atoms with E-state index in [0.717, 1.165) is 0 Å². The van der Waals surface area contributed by atoms with Crippen molar-refractivity contribution in [2.75, 3.05) is 185 Å². The lowest BCUT2D eigenvalue weighted by Crippen LogP contribution is -2.32. The van der Waals surface area contributed by atoms with Gasteiger partial charge in [-0.05, 0) is 36.1 Å². The molecular formula is C45H73NO15. The molecular weight excluding hydrogens is 794 g/mol. The molecule has 0 saturated carbocycles. The normalized spacial score (nSPS) is 12.3. The van der Waals surface area contributed by atoms with Crippen LogP contribution in [0, 0.1) is 0 Å². The van der Waals surface area contributed by atoms with Crippen molar-refractivity contribution in [2.24, 2.45) is 0 Å². The molecule has 0 fully saturated rings. The van der Waals surface area contributed by atoms with Gasteiger partial charge < -0.3 is 71.2 Å². The van der Waals surface area contributed by atoms with Crippen molar-refractivity contribution in [3.05, 3.63) is 59.7 Å². The van der Waals surface area contributed by atoms with Crippen LogP contribution in [0.25, 0.3) is 11.1 Å². The second kappa shape index (κ2) is 36.7. The van der Waals surface area contributed by atoms with E-state index in [1.165, 1.54) is 27.2 Å². The fraction of sp³-hybridized carbons (Fsp3) is 0.711. The van der Waals surface area contributed by atoms with Crippen molar-refractivity contribution in [2.45, 2.75) is 25.9 Å². The second-order valence-corrected chi connectivity index (χ2v) is 14.0. The van der Waals surface area contributed by atoms with Gasteiger partial charge in [-0.15, -0.1) is 0 Å². The summed E-state index contributed by atoms with van der Waals surface area (Å²) in [5, 5.41) is 0. The zero-order valence-corrected chi connectivity index (χ0v) is 36.9. The van der Waals surface area contributed by atoms with Gasteiger partial charge in [0.25, 0.3) is 0 Å². The van der Waals surface area contributed by atoms with Crippen LogP contribution in [0.1, 0.15) is 30.9 Å². The van der Waals surface area contributed by atoms with Crippen molar-refractivity contribution in [3.8, 4) is 11.1 Å². The van der Waals surface area contributed by atoms with Crippen LogP contribution in [-0.2, 0) is 66.3 Å². The van der Waals surface area contributed by atoms with Gasteiger partial charge in [0, 0.05) is 19.5 Å². The van der Waals surface area contributed by atoms with E-state index in [1.807, 2.05) is 38.1 Å². The van der Waals surface area contributed by atoms with Gasteiger partial charge in [0.15, 0.2) is 0 Å². The molecule has 0 unspecified atom stereocenters. The fourth-order valence-corrected chi connectivity index (χ4v) is 5.86. The Balaban J connectivity index is 0.936. The monoisotopic (exact) mass is 867 g/mol. The number of amides is 1. The fourth-order valence-electron chi connectivity index (χ4n) is 5.86. The number of likely N-dealkylation sites (N-methyl/N-ethyl adjacent to an activating group) is 1. The summed E-state index contributed by atoms with van der Waals surface area (Å²) in [6.45, 7) is 17.2. The van der Waals surface area contributed by atoms with Crippen molar-refractivity contribution < 1.29 is 71.1 Å². The minimum Gasteiger partial charge on any atom is -0.448 e. The smallest absolute Gasteiger partial charge is 0.409 e.